The van der Waals surface area contributed by atoms with E-state index in [0.29, 0.717) is 17.3 Å². The number of nitrogens with one attached hydrogen (secondary N) is 2. The normalized spacial score (nSPS) is 10.7. The van der Waals surface area contributed by atoms with Gasteiger partial charge in [0.1, 0.15) is 0 Å². The van der Waals surface area contributed by atoms with Crippen LogP contribution in [-0.2, 0) is 6.54 Å². The van der Waals surface area contributed by atoms with E-state index in [4.69, 9.17) is 11.6 Å². The van der Waals surface area contributed by atoms with Crippen LogP contribution in [0.4, 0.5) is 0 Å². The Bertz CT molecular complexity index is 766. The van der Waals surface area contributed by atoms with Gasteiger partial charge < -0.3 is 5.32 Å². The van der Waals surface area contributed by atoms with Gasteiger partial charge in [-0.05, 0) is 23.8 Å². The van der Waals surface area contributed by atoms with Gasteiger partial charge >= 0.3 is 0 Å². The van der Waals surface area contributed by atoms with E-state index in [1.54, 1.807) is 6.33 Å². The van der Waals surface area contributed by atoms with Crippen molar-refractivity contribution in [3.8, 4) is 0 Å². The van der Waals surface area contributed by atoms with Gasteiger partial charge in [-0.25, -0.2) is 9.38 Å². The van der Waals surface area contributed by atoms with Crippen molar-refractivity contribution < 1.29 is 9.20 Å². The number of aromatic amines is 1. The van der Waals surface area contributed by atoms with E-state index >= 15 is 0 Å². The van der Waals surface area contributed by atoms with Crippen LogP contribution >= 0.6 is 11.6 Å². The molecule has 3 rings (SSSR count). The molecule has 0 bridgehead atoms. The molecule has 4 nitrogen and oxygen atoms in total. The van der Waals surface area contributed by atoms with Crippen molar-refractivity contribution in [2.24, 2.45) is 0 Å². The van der Waals surface area contributed by atoms with Crippen molar-refractivity contribution in [1.29, 1.82) is 0 Å². The summed E-state index contributed by atoms with van der Waals surface area (Å²) in [4.78, 5) is 15.2. The topological polar surface area (TPSA) is 49.0 Å². The van der Waals surface area contributed by atoms with Crippen LogP contribution in [0, 0.1) is 0 Å². The van der Waals surface area contributed by atoms with Crippen molar-refractivity contribution in [2.75, 3.05) is 0 Å². The quantitative estimate of drug-likeness (QED) is 0.714. The molecule has 0 saturated carbocycles. The summed E-state index contributed by atoms with van der Waals surface area (Å²) >= 11 is 6.06. The molecule has 3 aromatic rings. The Balaban J connectivity index is 1.79. The molecule has 0 unspecified atom stereocenters. The van der Waals surface area contributed by atoms with E-state index in [2.05, 4.69) is 10.3 Å². The van der Waals surface area contributed by atoms with E-state index < -0.39 is 0 Å². The van der Waals surface area contributed by atoms with Crippen molar-refractivity contribution in [3.05, 3.63) is 71.3 Å². The van der Waals surface area contributed by atoms with E-state index in [1.807, 2.05) is 53.1 Å². The molecule has 1 aromatic carbocycles. The van der Waals surface area contributed by atoms with Crippen molar-refractivity contribution in [3.63, 3.8) is 0 Å². The minimum absolute atomic E-state index is 0.154. The summed E-state index contributed by atoms with van der Waals surface area (Å²) in [7, 11) is 0. The number of hydrogen-bond acceptors (Lipinski definition) is 1. The Labute approximate surface area is 121 Å². The van der Waals surface area contributed by atoms with Crippen molar-refractivity contribution in [1.82, 2.24) is 10.3 Å². The summed E-state index contributed by atoms with van der Waals surface area (Å²) in [5, 5.41) is 3.52. The highest BCUT2D eigenvalue weighted by Crippen LogP contribution is 2.14. The molecule has 0 radical (unpaired) electrons. The van der Waals surface area contributed by atoms with Crippen LogP contribution in [0.2, 0.25) is 5.02 Å². The highest BCUT2D eigenvalue weighted by atomic mass is 35.5. The zero-order valence-electron chi connectivity index (χ0n) is 10.6. The van der Waals surface area contributed by atoms with Gasteiger partial charge in [-0.1, -0.05) is 35.9 Å². The molecule has 0 fully saturated rings. The number of pyridine rings is 1. The molecule has 0 aliphatic carbocycles. The number of amides is 1. The monoisotopic (exact) mass is 286 g/mol. The molecule has 2 N–H and O–H groups in total. The van der Waals surface area contributed by atoms with Gasteiger partial charge in [0.05, 0.1) is 6.20 Å². The number of hydrogen-bond donors (Lipinski definition) is 2. The predicted octanol–water partition coefficient (Wildman–Crippen LogP) is 2.34. The number of fused-ring (bicyclic) bond motifs is 1. The Morgan fingerprint density at radius 3 is 2.85 bits per heavy atom. The number of carbonyl (C=O) groups is 1. The highest BCUT2D eigenvalue weighted by Gasteiger charge is 2.18. The third-order valence-corrected chi connectivity index (χ3v) is 3.49. The average molecular weight is 287 g/mol. The fourth-order valence-electron chi connectivity index (χ4n) is 2.08. The summed E-state index contributed by atoms with van der Waals surface area (Å²) in [6.45, 7) is 0.399. The van der Waals surface area contributed by atoms with Crippen LogP contribution in [0.3, 0.4) is 0 Å². The molecule has 0 aliphatic rings. The third-order valence-electron chi connectivity index (χ3n) is 3.12. The van der Waals surface area contributed by atoms with Gasteiger partial charge in [0, 0.05) is 11.6 Å². The summed E-state index contributed by atoms with van der Waals surface area (Å²) < 4.78 is 1.87. The minimum atomic E-state index is -0.154. The minimum Gasteiger partial charge on any atom is -0.345 e. The molecule has 0 atom stereocenters. The summed E-state index contributed by atoms with van der Waals surface area (Å²) in [5.41, 5.74) is 2.27. The molecule has 1 amide bonds. The molecule has 0 saturated heterocycles. The third kappa shape index (κ3) is 2.38. The van der Waals surface area contributed by atoms with E-state index in [0.717, 1.165) is 11.1 Å². The Morgan fingerprint density at radius 2 is 2.00 bits per heavy atom. The lowest BCUT2D eigenvalue weighted by molar-refractivity contribution is -0.511. The second-order valence-electron chi connectivity index (χ2n) is 4.42. The summed E-state index contributed by atoms with van der Waals surface area (Å²) in [6.07, 6.45) is 3.64. The first-order valence-electron chi connectivity index (χ1n) is 6.24. The predicted molar refractivity (Wildman–Crippen MR) is 76.6 cm³/mol. The molecule has 0 aliphatic heterocycles. The second kappa shape index (κ2) is 5.35. The Hall–Kier alpha value is -2.33. The molecule has 2 heterocycles. The molecule has 2 aromatic heterocycles. The zero-order valence-corrected chi connectivity index (χ0v) is 11.4. The maximum atomic E-state index is 12.2. The smallest absolute Gasteiger partial charge is 0.295 e. The highest BCUT2D eigenvalue weighted by molar-refractivity contribution is 6.31. The standard InChI is InChI=1S/C15H12ClN3O/c16-12-6-2-1-5-11(12)9-17-15(20)14-13-7-3-4-8-19(13)10-18-14/h1-8,10H,9H2,(H,17,20)/p+1. The number of nitrogens with zero attached hydrogens (tertiary/aromatic N) is 1. The largest absolute Gasteiger partial charge is 0.345 e. The number of H-pyrrole nitrogens is 1. The average Bonchev–Trinajstić information content (AvgIpc) is 2.90. The van der Waals surface area contributed by atoms with E-state index in [1.165, 1.54) is 0 Å². The molecular weight excluding hydrogens is 274 g/mol. The second-order valence-corrected chi connectivity index (χ2v) is 4.82. The van der Waals surface area contributed by atoms with Crippen LogP contribution in [0.1, 0.15) is 16.1 Å². The van der Waals surface area contributed by atoms with Gasteiger partial charge in [0.25, 0.3) is 5.91 Å². The van der Waals surface area contributed by atoms with Crippen LogP contribution < -0.4 is 9.72 Å². The fourth-order valence-corrected chi connectivity index (χ4v) is 2.28. The van der Waals surface area contributed by atoms with Crippen LogP contribution in [0.25, 0.3) is 5.52 Å². The number of rotatable bonds is 3. The van der Waals surface area contributed by atoms with Crippen LogP contribution in [-0.4, -0.2) is 10.9 Å². The Kier molecular flexibility index (Phi) is 3.39. The molecule has 0 spiro atoms. The first-order chi connectivity index (χ1) is 9.75. The number of carbonyl (C=O) groups excluding carboxylic acids is 1. The van der Waals surface area contributed by atoms with Gasteiger partial charge in [-0.3, -0.25) is 4.79 Å². The van der Waals surface area contributed by atoms with Crippen molar-refractivity contribution >= 4 is 23.0 Å². The van der Waals surface area contributed by atoms with Gasteiger partial charge in [-0.2, -0.15) is 0 Å². The van der Waals surface area contributed by atoms with E-state index in [-0.39, 0.29) is 5.91 Å². The zero-order chi connectivity index (χ0) is 13.9. The number of halogens is 1. The van der Waals surface area contributed by atoms with Crippen LogP contribution in [0.15, 0.2) is 55.0 Å². The molecule has 100 valence electrons. The lowest BCUT2D eigenvalue weighted by atomic mass is 10.2. The molecule has 5 heteroatoms. The molecule has 20 heavy (non-hydrogen) atoms. The number of imidazole rings is 1. The van der Waals surface area contributed by atoms with E-state index in [9.17, 15) is 4.79 Å². The summed E-state index contributed by atoms with van der Waals surface area (Å²) in [5.74, 6) is -0.154. The lowest BCUT2D eigenvalue weighted by Gasteiger charge is -2.04. The SMILES string of the molecule is O=C(NCc1ccccc1Cl)c1[nH]c[n+]2ccccc12. The van der Waals surface area contributed by atoms with Gasteiger partial charge in [0.2, 0.25) is 12.0 Å². The first kappa shape index (κ1) is 12.7. The number of benzene rings is 1. The van der Waals surface area contributed by atoms with Crippen molar-refractivity contribution in [2.45, 2.75) is 6.54 Å². The van der Waals surface area contributed by atoms with Gasteiger partial charge in [-0.15, -0.1) is 0 Å². The number of aromatic nitrogens is 2. The molecular formula is C15H13ClN3O+. The maximum absolute atomic E-state index is 12.2. The summed E-state index contributed by atoms with van der Waals surface area (Å²) in [6, 6.07) is 13.2. The first-order valence-corrected chi connectivity index (χ1v) is 6.62. The van der Waals surface area contributed by atoms with Crippen LogP contribution in [0.5, 0.6) is 0 Å². The maximum Gasteiger partial charge on any atom is 0.295 e. The lowest BCUT2D eigenvalue weighted by Crippen LogP contribution is -2.25. The fraction of sp³-hybridized carbons (Fsp3) is 0.0667. The van der Waals surface area contributed by atoms with Gasteiger partial charge in [0.15, 0.2) is 5.52 Å². The Morgan fingerprint density at radius 1 is 1.20 bits per heavy atom.